The van der Waals surface area contributed by atoms with Crippen molar-refractivity contribution in [3.63, 3.8) is 0 Å². The molecular weight excluding hydrogens is 484 g/mol. The highest BCUT2D eigenvalue weighted by Gasteiger charge is 2.25. The van der Waals surface area contributed by atoms with E-state index < -0.39 is 17.9 Å². The van der Waals surface area contributed by atoms with Crippen LogP contribution in [0.2, 0.25) is 0 Å². The zero-order valence-electron chi connectivity index (χ0n) is 24.3. The molecule has 0 aliphatic carbocycles. The van der Waals surface area contributed by atoms with Crippen molar-refractivity contribution in [2.24, 2.45) is 17.8 Å². The Morgan fingerprint density at radius 3 is 1.29 bits per heavy atom. The lowest BCUT2D eigenvalue weighted by Gasteiger charge is -2.18. The van der Waals surface area contributed by atoms with Gasteiger partial charge in [-0.15, -0.1) is 0 Å². The summed E-state index contributed by atoms with van der Waals surface area (Å²) in [4.78, 5) is 50.4. The lowest BCUT2D eigenvalue weighted by molar-refractivity contribution is -0.139. The molecule has 0 N–H and O–H groups in total. The van der Waals surface area contributed by atoms with Crippen molar-refractivity contribution in [3.05, 3.63) is 17.7 Å². The number of ether oxygens (including phenoxy) is 3. The van der Waals surface area contributed by atoms with Gasteiger partial charge in [0, 0.05) is 12.1 Å². The first-order valence-electron chi connectivity index (χ1n) is 14.5. The van der Waals surface area contributed by atoms with Gasteiger partial charge in [0.2, 0.25) is 0 Å². The van der Waals surface area contributed by atoms with Gasteiger partial charge in [0.05, 0.1) is 17.8 Å². The van der Waals surface area contributed by atoms with Crippen molar-refractivity contribution < 1.29 is 33.4 Å². The van der Waals surface area contributed by atoms with E-state index >= 15 is 0 Å². The minimum absolute atomic E-state index is 0.0609. The van der Waals surface area contributed by atoms with E-state index in [2.05, 4.69) is 20.8 Å². The van der Waals surface area contributed by atoms with E-state index in [-0.39, 0.29) is 40.6 Å². The maximum Gasteiger partial charge on any atom is 0.314 e. The molecule has 0 aliphatic rings. The first-order chi connectivity index (χ1) is 18.2. The molecule has 3 unspecified atom stereocenters. The molecule has 0 spiro atoms. The summed E-state index contributed by atoms with van der Waals surface area (Å²) < 4.78 is 16.8. The predicted molar refractivity (Wildman–Crippen MR) is 149 cm³/mol. The normalized spacial score (nSPS) is 13.3. The zero-order chi connectivity index (χ0) is 28.5. The molecule has 0 amide bonds. The van der Waals surface area contributed by atoms with Gasteiger partial charge in [0.25, 0.3) is 0 Å². The molecule has 3 atom stereocenters. The summed E-state index contributed by atoms with van der Waals surface area (Å²) in [6, 6.07) is 2.69. The van der Waals surface area contributed by atoms with Crippen molar-refractivity contribution in [3.8, 4) is 17.2 Å². The molecule has 1 aromatic carbocycles. The van der Waals surface area contributed by atoms with E-state index in [0.717, 1.165) is 57.8 Å². The fourth-order valence-corrected chi connectivity index (χ4v) is 4.01. The molecule has 0 saturated heterocycles. The minimum Gasteiger partial charge on any atom is -0.426 e. The van der Waals surface area contributed by atoms with Crippen LogP contribution in [0.4, 0.5) is 0 Å². The molecule has 1 aromatic rings. The highest BCUT2D eigenvalue weighted by atomic mass is 16.6. The predicted octanol–water partition coefficient (Wildman–Crippen LogP) is 7.86. The van der Waals surface area contributed by atoms with Crippen LogP contribution in [0, 0.1) is 17.8 Å². The van der Waals surface area contributed by atoms with Crippen LogP contribution in [0.3, 0.4) is 0 Å². The van der Waals surface area contributed by atoms with Crippen LogP contribution >= 0.6 is 0 Å². The average Bonchev–Trinajstić information content (AvgIpc) is 2.88. The van der Waals surface area contributed by atoms with Gasteiger partial charge in [-0.2, -0.15) is 0 Å². The van der Waals surface area contributed by atoms with E-state index in [4.69, 9.17) is 14.2 Å². The van der Waals surface area contributed by atoms with Gasteiger partial charge in [-0.05, 0) is 19.3 Å². The second-order valence-electron chi connectivity index (χ2n) is 10.4. The van der Waals surface area contributed by atoms with Crippen molar-refractivity contribution in [1.82, 2.24) is 0 Å². The smallest absolute Gasteiger partial charge is 0.314 e. The monoisotopic (exact) mass is 532 g/mol. The van der Waals surface area contributed by atoms with E-state index in [0.29, 0.717) is 25.5 Å². The van der Waals surface area contributed by atoms with Gasteiger partial charge in [-0.25, -0.2) is 0 Å². The molecule has 0 saturated carbocycles. The lowest BCUT2D eigenvalue weighted by atomic mass is 10.0. The third kappa shape index (κ3) is 11.8. The highest BCUT2D eigenvalue weighted by molar-refractivity contribution is 5.89. The number of carbonyl (C=O) groups excluding carboxylic acids is 4. The summed E-state index contributed by atoms with van der Waals surface area (Å²) >= 11 is 0. The number of esters is 3. The van der Waals surface area contributed by atoms with Crippen LogP contribution in [0.25, 0.3) is 0 Å². The molecule has 0 aliphatic heterocycles. The van der Waals surface area contributed by atoms with Crippen LogP contribution in [0.1, 0.15) is 129 Å². The lowest BCUT2D eigenvalue weighted by Crippen LogP contribution is -2.21. The molecule has 0 bridgehead atoms. The molecule has 7 nitrogen and oxygen atoms in total. The Morgan fingerprint density at radius 1 is 0.632 bits per heavy atom. The molecular formula is C31H48O7. The number of hydrogen-bond donors (Lipinski definition) is 0. The number of rotatable bonds is 19. The number of unbranched alkanes of at least 4 members (excludes halogenated alkanes) is 6. The van der Waals surface area contributed by atoms with E-state index in [9.17, 15) is 19.2 Å². The first kappa shape index (κ1) is 33.3. The van der Waals surface area contributed by atoms with Crippen LogP contribution in [-0.2, 0) is 14.4 Å². The van der Waals surface area contributed by atoms with Gasteiger partial charge >= 0.3 is 17.9 Å². The summed E-state index contributed by atoms with van der Waals surface area (Å²) in [6.45, 7) is 11.6. The van der Waals surface area contributed by atoms with Gasteiger partial charge in [0.15, 0.2) is 6.29 Å². The standard InChI is InChI=1S/C31H48O7/c1-7-10-13-16-22(4)29(33)36-25-19-27(37-30(34)23(5)17-14-11-8-2)26(21-32)28(20-25)38-31(35)24(6)18-15-12-9-3/h19-24H,7-18H2,1-6H3. The average molecular weight is 533 g/mol. The molecule has 0 aromatic heterocycles. The Morgan fingerprint density at radius 2 is 0.974 bits per heavy atom. The van der Waals surface area contributed by atoms with E-state index in [1.807, 2.05) is 0 Å². The van der Waals surface area contributed by atoms with Crippen molar-refractivity contribution >= 4 is 24.2 Å². The summed E-state index contributed by atoms with van der Waals surface area (Å²) in [6.07, 6.45) is 11.3. The van der Waals surface area contributed by atoms with Crippen LogP contribution < -0.4 is 14.2 Å². The Labute approximate surface area is 229 Å². The van der Waals surface area contributed by atoms with Gasteiger partial charge in [-0.1, -0.05) is 99.3 Å². The van der Waals surface area contributed by atoms with Crippen molar-refractivity contribution in [2.45, 2.75) is 119 Å². The number of aldehydes is 1. The maximum atomic E-state index is 12.8. The highest BCUT2D eigenvalue weighted by Crippen LogP contribution is 2.35. The molecule has 38 heavy (non-hydrogen) atoms. The Kier molecular flexibility index (Phi) is 16.3. The maximum absolute atomic E-state index is 12.8. The van der Waals surface area contributed by atoms with Gasteiger partial charge in [-0.3, -0.25) is 19.2 Å². The molecule has 214 valence electrons. The molecule has 0 radical (unpaired) electrons. The Hall–Kier alpha value is -2.70. The van der Waals surface area contributed by atoms with Crippen LogP contribution in [-0.4, -0.2) is 24.2 Å². The van der Waals surface area contributed by atoms with E-state index in [1.165, 1.54) is 12.1 Å². The topological polar surface area (TPSA) is 96.0 Å². The van der Waals surface area contributed by atoms with Crippen molar-refractivity contribution in [2.75, 3.05) is 0 Å². The second kappa shape index (κ2) is 18.5. The Balaban J connectivity index is 3.23. The fraction of sp³-hybridized carbons (Fsp3) is 0.677. The number of carbonyl (C=O) groups is 4. The Bertz CT molecular complexity index is 841. The quantitative estimate of drug-likeness (QED) is 0.0774. The number of benzene rings is 1. The SMILES string of the molecule is CCCCCC(C)C(=O)Oc1cc(OC(=O)C(C)CCCCC)c(C=O)c(OC(=O)C(C)CCCCC)c1. The van der Waals surface area contributed by atoms with Crippen LogP contribution in [0.15, 0.2) is 12.1 Å². The first-order valence-corrected chi connectivity index (χ1v) is 14.5. The minimum atomic E-state index is -0.495. The summed E-state index contributed by atoms with van der Waals surface area (Å²) in [5.74, 6) is -2.62. The van der Waals surface area contributed by atoms with Gasteiger partial charge in [0.1, 0.15) is 22.8 Å². The zero-order valence-corrected chi connectivity index (χ0v) is 24.3. The summed E-state index contributed by atoms with van der Waals surface area (Å²) in [5.41, 5.74) is -0.0657. The summed E-state index contributed by atoms with van der Waals surface area (Å²) in [7, 11) is 0. The van der Waals surface area contributed by atoms with Crippen molar-refractivity contribution in [1.29, 1.82) is 0 Å². The third-order valence-corrected chi connectivity index (χ3v) is 6.76. The fourth-order valence-electron chi connectivity index (χ4n) is 4.01. The second-order valence-corrected chi connectivity index (χ2v) is 10.4. The number of hydrogen-bond acceptors (Lipinski definition) is 7. The van der Waals surface area contributed by atoms with Crippen LogP contribution in [0.5, 0.6) is 17.2 Å². The molecule has 0 fully saturated rings. The third-order valence-electron chi connectivity index (χ3n) is 6.76. The molecule has 7 heteroatoms. The van der Waals surface area contributed by atoms with E-state index in [1.54, 1.807) is 20.8 Å². The summed E-state index contributed by atoms with van der Waals surface area (Å²) in [5, 5.41) is 0. The molecule has 1 rings (SSSR count). The largest absolute Gasteiger partial charge is 0.426 e. The van der Waals surface area contributed by atoms with Gasteiger partial charge < -0.3 is 14.2 Å². The molecule has 0 heterocycles.